The van der Waals surface area contributed by atoms with E-state index in [0.29, 0.717) is 28.7 Å². The van der Waals surface area contributed by atoms with Crippen LogP contribution in [0.15, 0.2) is 17.7 Å². The molecule has 2 aliphatic heterocycles. The van der Waals surface area contributed by atoms with E-state index in [9.17, 15) is 0 Å². The first-order valence-electron chi connectivity index (χ1n) is 8.41. The molecule has 3 rings (SSSR count). The number of rotatable bonds is 5. The molecule has 0 aromatic heterocycles. The van der Waals surface area contributed by atoms with Gasteiger partial charge in [-0.1, -0.05) is 23.2 Å². The molecule has 0 spiro atoms. The van der Waals surface area contributed by atoms with Crippen LogP contribution < -0.4 is 10.1 Å². The van der Waals surface area contributed by atoms with Gasteiger partial charge in [-0.2, -0.15) is 0 Å². The van der Waals surface area contributed by atoms with Gasteiger partial charge in [0.05, 0.1) is 18.2 Å². The summed E-state index contributed by atoms with van der Waals surface area (Å²) in [6.45, 7) is 9.50. The summed E-state index contributed by atoms with van der Waals surface area (Å²) in [6.07, 6.45) is 2.12. The highest BCUT2D eigenvalue weighted by Gasteiger charge is 2.22. The molecular weight excluding hydrogens is 347 g/mol. The van der Waals surface area contributed by atoms with Crippen LogP contribution >= 0.6 is 23.2 Å². The third-order valence-electron chi connectivity index (χ3n) is 4.79. The van der Waals surface area contributed by atoms with Crippen molar-refractivity contribution in [2.45, 2.75) is 25.9 Å². The summed E-state index contributed by atoms with van der Waals surface area (Å²) in [5.74, 6) is 0.722. The highest BCUT2D eigenvalue weighted by atomic mass is 35.5. The Hall–Kier alpha value is -0.780. The van der Waals surface area contributed by atoms with Gasteiger partial charge in [0, 0.05) is 42.3 Å². The third-order valence-corrected chi connectivity index (χ3v) is 5.29. The fourth-order valence-electron chi connectivity index (χ4n) is 3.13. The van der Waals surface area contributed by atoms with Crippen LogP contribution in [0.1, 0.15) is 19.4 Å². The van der Waals surface area contributed by atoms with Crippen LogP contribution in [0.3, 0.4) is 0 Å². The average molecular weight is 371 g/mol. The molecule has 0 bridgehead atoms. The quantitative estimate of drug-likeness (QED) is 0.860. The van der Waals surface area contributed by atoms with Crippen LogP contribution in [0.2, 0.25) is 10.0 Å². The van der Waals surface area contributed by atoms with Gasteiger partial charge in [-0.05, 0) is 37.6 Å². The minimum atomic E-state index is 0.383. The third kappa shape index (κ3) is 4.24. The van der Waals surface area contributed by atoms with Crippen LogP contribution in [-0.4, -0.2) is 56.4 Å². The van der Waals surface area contributed by atoms with Crippen molar-refractivity contribution in [3.05, 3.63) is 33.3 Å². The molecule has 1 aromatic rings. The smallest absolute Gasteiger partial charge is 0.145 e. The number of hydrogen-bond donors (Lipinski definition) is 1. The number of morpholine rings is 1. The van der Waals surface area contributed by atoms with Crippen LogP contribution in [0.25, 0.3) is 6.08 Å². The van der Waals surface area contributed by atoms with Gasteiger partial charge in [-0.25, -0.2) is 0 Å². The van der Waals surface area contributed by atoms with Crippen molar-refractivity contribution in [2.24, 2.45) is 0 Å². The van der Waals surface area contributed by atoms with E-state index in [1.807, 2.05) is 6.07 Å². The Labute approximate surface area is 153 Å². The molecule has 2 heterocycles. The van der Waals surface area contributed by atoms with E-state index in [2.05, 4.69) is 30.1 Å². The topological polar surface area (TPSA) is 33.7 Å². The second-order valence-corrected chi connectivity index (χ2v) is 7.30. The van der Waals surface area contributed by atoms with Crippen LogP contribution in [0.5, 0.6) is 5.75 Å². The molecule has 24 heavy (non-hydrogen) atoms. The van der Waals surface area contributed by atoms with Crippen LogP contribution in [0, 0.1) is 0 Å². The van der Waals surface area contributed by atoms with Crippen molar-refractivity contribution in [3.63, 3.8) is 0 Å². The highest BCUT2D eigenvalue weighted by Crippen LogP contribution is 2.36. The molecule has 1 aromatic carbocycles. The lowest BCUT2D eigenvalue weighted by Gasteiger charge is -2.36. The first-order chi connectivity index (χ1) is 11.5. The van der Waals surface area contributed by atoms with Gasteiger partial charge >= 0.3 is 0 Å². The lowest BCUT2D eigenvalue weighted by molar-refractivity contribution is 0.0138. The summed E-state index contributed by atoms with van der Waals surface area (Å²) in [4.78, 5) is 2.47. The SMILES string of the molecule is CC(NCC1=Cc2cc(Cl)cc(Cl)c2OC1)C(C)N1CCOCC1. The lowest BCUT2D eigenvalue weighted by Crippen LogP contribution is -2.51. The molecular formula is C18H24Cl2N2O2. The average Bonchev–Trinajstić information content (AvgIpc) is 2.59. The van der Waals surface area contributed by atoms with E-state index < -0.39 is 0 Å². The zero-order chi connectivity index (χ0) is 17.1. The summed E-state index contributed by atoms with van der Waals surface area (Å²) in [6, 6.07) is 4.45. The number of halogens is 2. The Morgan fingerprint density at radius 3 is 2.71 bits per heavy atom. The number of ether oxygens (including phenoxy) is 2. The molecule has 0 aliphatic carbocycles. The minimum absolute atomic E-state index is 0.383. The van der Waals surface area contributed by atoms with Crippen molar-refractivity contribution in [1.82, 2.24) is 10.2 Å². The molecule has 132 valence electrons. The van der Waals surface area contributed by atoms with E-state index in [-0.39, 0.29) is 0 Å². The summed E-state index contributed by atoms with van der Waals surface area (Å²) in [5, 5.41) is 4.80. The molecule has 2 atom stereocenters. The minimum Gasteiger partial charge on any atom is -0.487 e. The molecule has 2 unspecified atom stereocenters. The van der Waals surface area contributed by atoms with E-state index in [1.165, 1.54) is 5.57 Å². The molecule has 0 amide bonds. The maximum absolute atomic E-state index is 6.18. The lowest BCUT2D eigenvalue weighted by atomic mass is 10.1. The largest absolute Gasteiger partial charge is 0.487 e. The van der Waals surface area contributed by atoms with Crippen molar-refractivity contribution >= 4 is 29.3 Å². The second-order valence-electron chi connectivity index (χ2n) is 6.46. The zero-order valence-corrected chi connectivity index (χ0v) is 15.7. The van der Waals surface area contributed by atoms with Gasteiger partial charge in [0.25, 0.3) is 0 Å². The summed E-state index contributed by atoms with van der Waals surface area (Å²) < 4.78 is 11.2. The van der Waals surface area contributed by atoms with Crippen molar-refractivity contribution in [2.75, 3.05) is 39.5 Å². The molecule has 2 aliphatic rings. The first kappa shape index (κ1) is 18.0. The molecule has 1 N–H and O–H groups in total. The van der Waals surface area contributed by atoms with E-state index in [4.69, 9.17) is 32.7 Å². The summed E-state index contributed by atoms with van der Waals surface area (Å²) >= 11 is 12.3. The van der Waals surface area contributed by atoms with E-state index in [1.54, 1.807) is 6.07 Å². The predicted molar refractivity (Wildman–Crippen MR) is 99.3 cm³/mol. The van der Waals surface area contributed by atoms with Crippen LogP contribution in [0.4, 0.5) is 0 Å². The Balaban J connectivity index is 1.59. The summed E-state index contributed by atoms with van der Waals surface area (Å²) in [7, 11) is 0. The fraction of sp³-hybridized carbons (Fsp3) is 0.556. The van der Waals surface area contributed by atoms with Crippen molar-refractivity contribution in [3.8, 4) is 5.75 Å². The zero-order valence-electron chi connectivity index (χ0n) is 14.1. The molecule has 1 fully saturated rings. The van der Waals surface area contributed by atoms with Gasteiger partial charge in [-0.15, -0.1) is 0 Å². The van der Waals surface area contributed by atoms with Crippen molar-refractivity contribution in [1.29, 1.82) is 0 Å². The first-order valence-corrected chi connectivity index (χ1v) is 9.16. The Morgan fingerprint density at radius 2 is 1.96 bits per heavy atom. The van der Waals surface area contributed by atoms with Crippen molar-refractivity contribution < 1.29 is 9.47 Å². The standard InChI is InChI=1S/C18H24Cl2N2O2/c1-12(13(2)22-3-5-23-6-4-22)21-10-14-7-15-8-16(19)9-17(20)18(15)24-11-14/h7-9,12-13,21H,3-6,10-11H2,1-2H3. The van der Waals surface area contributed by atoms with E-state index >= 15 is 0 Å². The number of hydrogen-bond acceptors (Lipinski definition) is 4. The van der Waals surface area contributed by atoms with Gasteiger partial charge in [0.1, 0.15) is 12.4 Å². The monoisotopic (exact) mass is 370 g/mol. The highest BCUT2D eigenvalue weighted by molar-refractivity contribution is 6.36. The number of nitrogens with zero attached hydrogens (tertiary/aromatic N) is 1. The number of nitrogens with one attached hydrogen (secondary N) is 1. The maximum Gasteiger partial charge on any atom is 0.145 e. The van der Waals surface area contributed by atoms with E-state index in [0.717, 1.165) is 44.2 Å². The van der Waals surface area contributed by atoms with Gasteiger partial charge in [-0.3, -0.25) is 4.90 Å². The van der Waals surface area contributed by atoms with Gasteiger partial charge in [0.2, 0.25) is 0 Å². The normalized spacial score (nSPS) is 20.8. The summed E-state index contributed by atoms with van der Waals surface area (Å²) in [5.41, 5.74) is 2.14. The second kappa shape index (κ2) is 8.07. The fourth-order valence-corrected chi connectivity index (χ4v) is 3.70. The molecule has 1 saturated heterocycles. The van der Waals surface area contributed by atoms with Gasteiger partial charge < -0.3 is 14.8 Å². The maximum atomic E-state index is 6.18. The Kier molecular flexibility index (Phi) is 6.06. The Bertz CT molecular complexity index is 615. The molecule has 0 saturated carbocycles. The predicted octanol–water partition coefficient (Wildman–Crippen LogP) is 3.47. The Morgan fingerprint density at radius 1 is 1.21 bits per heavy atom. The van der Waals surface area contributed by atoms with Gasteiger partial charge in [0.15, 0.2) is 0 Å². The molecule has 6 heteroatoms. The molecule has 0 radical (unpaired) electrons. The number of benzene rings is 1. The van der Waals surface area contributed by atoms with Crippen LogP contribution in [-0.2, 0) is 4.74 Å². The molecule has 4 nitrogen and oxygen atoms in total. The number of fused-ring (bicyclic) bond motifs is 1.